The summed E-state index contributed by atoms with van der Waals surface area (Å²) < 4.78 is 63.4. The number of rotatable bonds is 5. The fraction of sp³-hybridized carbons (Fsp3) is 0.318. The first-order valence-electron chi connectivity index (χ1n) is 10.7. The molecule has 0 radical (unpaired) electrons. The number of carbonyl (C=O) groups excluding carboxylic acids is 1. The van der Waals surface area contributed by atoms with Gasteiger partial charge in [-0.3, -0.25) is 4.90 Å². The van der Waals surface area contributed by atoms with Crippen LogP contribution in [0.3, 0.4) is 0 Å². The molecule has 178 valence electrons. The van der Waals surface area contributed by atoms with Gasteiger partial charge in [-0.05, 0) is 24.3 Å². The molecule has 34 heavy (non-hydrogen) atoms. The molecule has 2 aliphatic rings. The minimum Gasteiger partial charge on any atom is -0.442 e. The second-order valence-corrected chi connectivity index (χ2v) is 11.5. The van der Waals surface area contributed by atoms with Gasteiger partial charge in [0.1, 0.15) is 24.8 Å². The van der Waals surface area contributed by atoms with Gasteiger partial charge in [-0.25, -0.2) is 22.6 Å². The van der Waals surface area contributed by atoms with Crippen molar-refractivity contribution < 1.29 is 27.3 Å². The third-order valence-electron chi connectivity index (χ3n) is 6.13. The van der Waals surface area contributed by atoms with Crippen molar-refractivity contribution in [2.75, 3.05) is 41.8 Å². The summed E-state index contributed by atoms with van der Waals surface area (Å²) >= 11 is 0. The lowest BCUT2D eigenvalue weighted by Gasteiger charge is -2.34. The zero-order chi connectivity index (χ0) is 23.9. The van der Waals surface area contributed by atoms with Gasteiger partial charge >= 0.3 is 6.09 Å². The Morgan fingerprint density at radius 1 is 1.06 bits per heavy atom. The van der Waals surface area contributed by atoms with Crippen molar-refractivity contribution in [1.29, 1.82) is 0 Å². The number of nitrogens with zero attached hydrogens (tertiary/aromatic N) is 5. The van der Waals surface area contributed by atoms with E-state index < -0.39 is 36.8 Å². The molecule has 2 saturated heterocycles. The molecule has 3 heterocycles. The molecule has 0 spiro atoms. The van der Waals surface area contributed by atoms with Crippen LogP contribution >= 0.6 is 7.14 Å². The molecule has 2 aliphatic heterocycles. The maximum Gasteiger partial charge on any atom is 0.414 e. The van der Waals surface area contributed by atoms with Gasteiger partial charge in [-0.2, -0.15) is 0 Å². The number of hydrogen-bond donors (Lipinski definition) is 0. The molecule has 0 N–H and O–H groups in total. The van der Waals surface area contributed by atoms with Gasteiger partial charge in [-0.1, -0.05) is 5.21 Å². The highest BCUT2D eigenvalue weighted by molar-refractivity contribution is 7.71. The Hall–Kier alpha value is -3.33. The van der Waals surface area contributed by atoms with E-state index >= 15 is 8.78 Å². The van der Waals surface area contributed by atoms with E-state index in [1.54, 1.807) is 6.20 Å². The molecular weight excluding hydrogens is 470 g/mol. The quantitative estimate of drug-likeness (QED) is 0.510. The second kappa shape index (κ2) is 8.79. The van der Waals surface area contributed by atoms with Crippen LogP contribution in [-0.4, -0.2) is 59.1 Å². The molecule has 1 atom stereocenters. The Bertz CT molecular complexity index is 1220. The average molecular weight is 491 g/mol. The van der Waals surface area contributed by atoms with Gasteiger partial charge in [0.15, 0.2) is 11.6 Å². The van der Waals surface area contributed by atoms with Crippen LogP contribution in [0.25, 0.3) is 0 Å². The fourth-order valence-electron chi connectivity index (χ4n) is 4.36. The molecule has 2 fully saturated rings. The van der Waals surface area contributed by atoms with E-state index in [0.717, 1.165) is 12.1 Å². The van der Waals surface area contributed by atoms with Crippen LogP contribution in [0.5, 0.6) is 0 Å². The van der Waals surface area contributed by atoms with Crippen molar-refractivity contribution in [3.8, 4) is 0 Å². The van der Waals surface area contributed by atoms with Gasteiger partial charge < -0.3 is 14.2 Å². The Balaban J connectivity index is 1.30. The summed E-state index contributed by atoms with van der Waals surface area (Å²) in [5.74, 6) is -2.05. The summed E-state index contributed by atoms with van der Waals surface area (Å²) in [6, 6.07) is 7.75. The zero-order valence-electron chi connectivity index (χ0n) is 18.0. The summed E-state index contributed by atoms with van der Waals surface area (Å²) in [6.07, 6.45) is 2.33. The molecule has 5 rings (SSSR count). The first-order valence-corrected chi connectivity index (χ1v) is 12.8. The van der Waals surface area contributed by atoms with Gasteiger partial charge in [0.2, 0.25) is 0 Å². The van der Waals surface area contributed by atoms with E-state index in [4.69, 9.17) is 4.74 Å². The molecule has 12 heteroatoms. The van der Waals surface area contributed by atoms with Crippen LogP contribution < -0.4 is 15.1 Å². The zero-order valence-corrected chi connectivity index (χ0v) is 18.9. The summed E-state index contributed by atoms with van der Waals surface area (Å²) in [5, 5.41) is 8.08. The van der Waals surface area contributed by atoms with Crippen LogP contribution in [0.4, 0.5) is 29.3 Å². The molecule has 2 aromatic carbocycles. The minimum absolute atomic E-state index is 0.0545. The number of amides is 1. The topological polar surface area (TPSA) is 80.6 Å². The predicted molar refractivity (Wildman–Crippen MR) is 120 cm³/mol. The third kappa shape index (κ3) is 4.27. The highest BCUT2D eigenvalue weighted by Gasteiger charge is 2.36. The number of cyclic esters (lactones) is 1. The number of ether oxygens (including phenoxy) is 1. The van der Waals surface area contributed by atoms with E-state index in [2.05, 4.69) is 10.3 Å². The Labute approximate surface area is 193 Å². The lowest BCUT2D eigenvalue weighted by atomic mass is 10.2. The van der Waals surface area contributed by atoms with Crippen LogP contribution in [-0.2, 0) is 15.8 Å². The average Bonchev–Trinajstić information content (AvgIpc) is 3.44. The van der Waals surface area contributed by atoms with Crippen molar-refractivity contribution >= 4 is 29.9 Å². The molecule has 0 aliphatic carbocycles. The molecular formula is C22H21F3N5O3P. The van der Waals surface area contributed by atoms with Crippen molar-refractivity contribution in [2.45, 2.75) is 12.6 Å². The maximum atomic E-state index is 15.0. The van der Waals surface area contributed by atoms with Crippen LogP contribution in [0.1, 0.15) is 0 Å². The van der Waals surface area contributed by atoms with Crippen molar-refractivity contribution in [1.82, 2.24) is 15.0 Å². The van der Waals surface area contributed by atoms with Crippen molar-refractivity contribution in [3.63, 3.8) is 0 Å². The Kier molecular flexibility index (Phi) is 5.81. The molecule has 8 nitrogen and oxygen atoms in total. The highest BCUT2D eigenvalue weighted by atomic mass is 31.2. The normalized spacial score (nSPS) is 20.0. The van der Waals surface area contributed by atoms with Crippen LogP contribution in [0.15, 0.2) is 48.8 Å². The standard InChI is InChI=1S/C22H21F3N5O3P/c23-15-1-3-18(4-2-15)34(32)9-7-28(8-10-34)21-19(24)11-16(12-20(21)25)30-14-17(33-22(30)31)13-29-6-5-26-27-29/h1-6,11-12,17H,7-10,13-14H2/t17-/m0/s1. The highest BCUT2D eigenvalue weighted by Crippen LogP contribution is 2.47. The van der Waals surface area contributed by atoms with Gasteiger partial charge in [0, 0.05) is 49.0 Å². The van der Waals surface area contributed by atoms with Crippen molar-refractivity contribution in [3.05, 3.63) is 66.2 Å². The molecule has 1 aromatic heterocycles. The molecule has 0 unspecified atom stereocenters. The Morgan fingerprint density at radius 3 is 2.35 bits per heavy atom. The number of aromatic nitrogens is 3. The molecule has 0 saturated carbocycles. The van der Waals surface area contributed by atoms with Crippen molar-refractivity contribution in [2.24, 2.45) is 0 Å². The predicted octanol–water partition coefficient (Wildman–Crippen LogP) is 3.23. The number of anilines is 2. The van der Waals surface area contributed by atoms with E-state index in [-0.39, 0.29) is 49.9 Å². The first kappa shape index (κ1) is 22.5. The largest absolute Gasteiger partial charge is 0.442 e. The number of carbonyl (C=O) groups is 1. The Morgan fingerprint density at radius 2 is 1.74 bits per heavy atom. The summed E-state index contributed by atoms with van der Waals surface area (Å²) in [5.41, 5.74) is -0.167. The van der Waals surface area contributed by atoms with E-state index in [9.17, 15) is 13.8 Å². The first-order chi connectivity index (χ1) is 16.3. The third-order valence-corrected chi connectivity index (χ3v) is 9.21. The number of benzene rings is 2. The minimum atomic E-state index is -2.77. The van der Waals surface area contributed by atoms with E-state index in [1.807, 2.05) is 0 Å². The van der Waals surface area contributed by atoms with Crippen LogP contribution in [0, 0.1) is 17.5 Å². The summed E-state index contributed by atoms with van der Waals surface area (Å²) in [4.78, 5) is 15.0. The summed E-state index contributed by atoms with van der Waals surface area (Å²) in [6.45, 7) is 0.760. The maximum absolute atomic E-state index is 15.0. The lowest BCUT2D eigenvalue weighted by Crippen LogP contribution is -2.38. The van der Waals surface area contributed by atoms with E-state index in [1.165, 1.54) is 44.9 Å². The van der Waals surface area contributed by atoms with Gasteiger partial charge in [0.05, 0.1) is 25.0 Å². The smallest absolute Gasteiger partial charge is 0.414 e. The number of halogens is 3. The molecule has 1 amide bonds. The SMILES string of the molecule is O=C1O[C@@H](Cn2ccnn2)CN1c1cc(F)c(N2CCP(=O)(c3ccc(F)cc3)CC2)c(F)c1. The fourth-order valence-corrected chi connectivity index (χ4v) is 6.92. The summed E-state index contributed by atoms with van der Waals surface area (Å²) in [7, 11) is -2.77. The van der Waals surface area contributed by atoms with Gasteiger partial charge in [0.25, 0.3) is 0 Å². The lowest BCUT2D eigenvalue weighted by molar-refractivity contribution is 0.129. The molecule has 0 bridgehead atoms. The van der Waals surface area contributed by atoms with Gasteiger partial charge in [-0.15, -0.1) is 5.10 Å². The second-order valence-electron chi connectivity index (χ2n) is 8.30. The van der Waals surface area contributed by atoms with E-state index in [0.29, 0.717) is 5.30 Å². The number of hydrogen-bond acceptors (Lipinski definition) is 6. The molecule has 3 aromatic rings. The monoisotopic (exact) mass is 491 g/mol. The van der Waals surface area contributed by atoms with Crippen LogP contribution in [0.2, 0.25) is 0 Å².